The number of sulfonamides is 1. The van der Waals surface area contributed by atoms with Crippen molar-refractivity contribution in [3.8, 4) is 11.5 Å². The molecule has 1 atom stereocenters. The molecule has 0 radical (unpaired) electrons. The van der Waals surface area contributed by atoms with Crippen molar-refractivity contribution in [2.45, 2.75) is 23.8 Å². The molecular formula is C18H22N2O6S. The summed E-state index contributed by atoms with van der Waals surface area (Å²) in [4.78, 5) is 12.0. The molecule has 0 aliphatic carbocycles. The van der Waals surface area contributed by atoms with E-state index in [0.717, 1.165) is 0 Å². The molecule has 2 aromatic carbocycles. The number of hydrogen-bond donors (Lipinski definition) is 3. The molecule has 2 rings (SSSR count). The van der Waals surface area contributed by atoms with Gasteiger partial charge >= 0.3 is 0 Å². The molecule has 0 aromatic heterocycles. The fraction of sp³-hybridized carbons (Fsp3) is 0.278. The number of primary sulfonamides is 1. The third kappa shape index (κ3) is 5.68. The molecule has 0 bridgehead atoms. The normalized spacial score (nSPS) is 12.3. The highest BCUT2D eigenvalue weighted by Crippen LogP contribution is 2.31. The van der Waals surface area contributed by atoms with Gasteiger partial charge in [0, 0.05) is 23.7 Å². The minimum absolute atomic E-state index is 0.0393. The number of benzene rings is 2. The first-order valence-electron chi connectivity index (χ1n) is 8.07. The Hall–Kier alpha value is -2.62. The number of carbonyl (C=O) groups excluding carboxylic acids is 1. The zero-order valence-corrected chi connectivity index (χ0v) is 15.8. The summed E-state index contributed by atoms with van der Waals surface area (Å²) >= 11 is 0. The Morgan fingerprint density at radius 3 is 2.37 bits per heavy atom. The first-order chi connectivity index (χ1) is 12.7. The highest BCUT2D eigenvalue weighted by atomic mass is 32.2. The highest BCUT2D eigenvalue weighted by Gasteiger charge is 2.16. The van der Waals surface area contributed by atoms with Crippen molar-refractivity contribution in [2.24, 2.45) is 5.14 Å². The van der Waals surface area contributed by atoms with E-state index in [4.69, 9.17) is 14.6 Å². The van der Waals surface area contributed by atoms with Crippen molar-refractivity contribution < 1.29 is 27.8 Å². The predicted molar refractivity (Wildman–Crippen MR) is 100 cm³/mol. The number of amides is 1. The maximum Gasteiger partial charge on any atom is 0.238 e. The van der Waals surface area contributed by atoms with Gasteiger partial charge in [0.2, 0.25) is 15.9 Å². The summed E-state index contributed by atoms with van der Waals surface area (Å²) in [6.45, 7) is 0. The van der Waals surface area contributed by atoms with Crippen LogP contribution in [0.3, 0.4) is 0 Å². The maximum absolute atomic E-state index is 12.1. The van der Waals surface area contributed by atoms with Crippen LogP contribution >= 0.6 is 0 Å². The Kier molecular flexibility index (Phi) is 6.78. The van der Waals surface area contributed by atoms with Crippen LogP contribution in [0.1, 0.15) is 24.5 Å². The van der Waals surface area contributed by atoms with E-state index < -0.39 is 16.1 Å². The van der Waals surface area contributed by atoms with E-state index in [0.29, 0.717) is 22.7 Å². The summed E-state index contributed by atoms with van der Waals surface area (Å²) in [5.41, 5.74) is 0.993. The van der Waals surface area contributed by atoms with Crippen molar-refractivity contribution in [3.63, 3.8) is 0 Å². The Bertz CT molecular complexity index is 897. The number of rotatable bonds is 8. The second kappa shape index (κ2) is 8.85. The number of aliphatic hydroxyl groups is 1. The van der Waals surface area contributed by atoms with Crippen LogP contribution in [0.15, 0.2) is 47.4 Å². The molecule has 9 heteroatoms. The number of ether oxygens (including phenoxy) is 2. The van der Waals surface area contributed by atoms with Gasteiger partial charge in [0.05, 0.1) is 25.2 Å². The topological polar surface area (TPSA) is 128 Å². The molecule has 8 nitrogen and oxygen atoms in total. The van der Waals surface area contributed by atoms with Gasteiger partial charge in [-0.25, -0.2) is 13.6 Å². The summed E-state index contributed by atoms with van der Waals surface area (Å²) in [6, 6.07) is 10.6. The molecule has 0 heterocycles. The summed E-state index contributed by atoms with van der Waals surface area (Å²) in [6.07, 6.45) is -0.641. The van der Waals surface area contributed by atoms with Crippen molar-refractivity contribution in [1.82, 2.24) is 0 Å². The van der Waals surface area contributed by atoms with E-state index in [-0.39, 0.29) is 23.6 Å². The Morgan fingerprint density at radius 2 is 1.81 bits per heavy atom. The van der Waals surface area contributed by atoms with Crippen molar-refractivity contribution in [1.29, 1.82) is 0 Å². The number of nitrogens with one attached hydrogen (secondary N) is 1. The molecule has 0 saturated heterocycles. The van der Waals surface area contributed by atoms with Gasteiger partial charge in [-0.15, -0.1) is 0 Å². The summed E-state index contributed by atoms with van der Waals surface area (Å²) in [5.74, 6) is 0.759. The fourth-order valence-corrected chi connectivity index (χ4v) is 2.98. The van der Waals surface area contributed by atoms with Crippen LogP contribution in [-0.4, -0.2) is 33.7 Å². The average Bonchev–Trinajstić information content (AvgIpc) is 2.65. The van der Waals surface area contributed by atoms with Crippen molar-refractivity contribution in [2.75, 3.05) is 19.5 Å². The van der Waals surface area contributed by atoms with Crippen LogP contribution in [-0.2, 0) is 14.8 Å². The van der Waals surface area contributed by atoms with Crippen LogP contribution in [0.5, 0.6) is 11.5 Å². The van der Waals surface area contributed by atoms with Gasteiger partial charge in [0.15, 0.2) is 0 Å². The lowest BCUT2D eigenvalue weighted by molar-refractivity contribution is -0.116. The van der Waals surface area contributed by atoms with Crippen LogP contribution in [0.4, 0.5) is 5.69 Å². The smallest absolute Gasteiger partial charge is 0.238 e. The number of nitrogens with two attached hydrogens (primary N) is 1. The van der Waals surface area contributed by atoms with E-state index in [1.807, 2.05) is 0 Å². The SMILES string of the molecule is COc1ccc(C(O)CCC(=O)Nc2ccc(S(N)(=O)=O)cc2)c(OC)c1. The molecule has 0 aliphatic heterocycles. The van der Waals surface area contributed by atoms with Gasteiger partial charge < -0.3 is 19.9 Å². The Balaban J connectivity index is 1.95. The van der Waals surface area contributed by atoms with Gasteiger partial charge in [-0.2, -0.15) is 0 Å². The first-order valence-corrected chi connectivity index (χ1v) is 9.62. The lowest BCUT2D eigenvalue weighted by Gasteiger charge is -2.15. The third-order valence-corrected chi connectivity index (χ3v) is 4.84. The van der Waals surface area contributed by atoms with E-state index in [9.17, 15) is 18.3 Å². The van der Waals surface area contributed by atoms with Crippen molar-refractivity contribution in [3.05, 3.63) is 48.0 Å². The molecule has 4 N–H and O–H groups in total. The van der Waals surface area contributed by atoms with Gasteiger partial charge in [0.1, 0.15) is 11.5 Å². The standard InChI is InChI=1S/C18H22N2O6S/c1-25-13-5-8-15(17(11-13)26-2)16(21)9-10-18(22)20-12-3-6-14(7-4-12)27(19,23)24/h3-8,11,16,21H,9-10H2,1-2H3,(H,20,22)(H2,19,23,24). The van der Waals surface area contributed by atoms with Gasteiger partial charge in [0.25, 0.3) is 0 Å². The van der Waals surface area contributed by atoms with E-state index in [1.165, 1.54) is 38.5 Å². The van der Waals surface area contributed by atoms with E-state index >= 15 is 0 Å². The minimum Gasteiger partial charge on any atom is -0.497 e. The molecule has 1 amide bonds. The minimum atomic E-state index is -3.78. The first kappa shape index (κ1) is 20.7. The number of carbonyl (C=O) groups is 1. The second-order valence-electron chi connectivity index (χ2n) is 5.78. The summed E-state index contributed by atoms with van der Waals surface area (Å²) in [5, 5.41) is 18.0. The number of anilines is 1. The Morgan fingerprint density at radius 1 is 1.15 bits per heavy atom. The summed E-state index contributed by atoms with van der Waals surface area (Å²) in [7, 11) is -0.757. The van der Waals surface area contributed by atoms with Gasteiger partial charge in [-0.1, -0.05) is 0 Å². The van der Waals surface area contributed by atoms with Crippen LogP contribution in [0.2, 0.25) is 0 Å². The lowest BCUT2D eigenvalue weighted by Crippen LogP contribution is -2.14. The molecule has 0 saturated carbocycles. The molecule has 146 valence electrons. The molecule has 1 unspecified atom stereocenters. The molecule has 0 aliphatic rings. The van der Waals surface area contributed by atoms with Gasteiger partial charge in [-0.05, 0) is 42.8 Å². The fourth-order valence-electron chi connectivity index (χ4n) is 2.47. The average molecular weight is 394 g/mol. The maximum atomic E-state index is 12.1. The zero-order chi connectivity index (χ0) is 20.0. The highest BCUT2D eigenvalue weighted by molar-refractivity contribution is 7.89. The second-order valence-corrected chi connectivity index (χ2v) is 7.34. The predicted octanol–water partition coefficient (Wildman–Crippen LogP) is 1.80. The molecule has 0 fully saturated rings. The van der Waals surface area contributed by atoms with Crippen LogP contribution < -0.4 is 19.9 Å². The largest absolute Gasteiger partial charge is 0.497 e. The number of hydrogen-bond acceptors (Lipinski definition) is 6. The zero-order valence-electron chi connectivity index (χ0n) is 15.0. The third-order valence-electron chi connectivity index (χ3n) is 3.91. The monoisotopic (exact) mass is 394 g/mol. The number of methoxy groups -OCH3 is 2. The molecule has 2 aromatic rings. The Labute approximate surface area is 158 Å². The quantitative estimate of drug-likeness (QED) is 0.626. The molecule has 27 heavy (non-hydrogen) atoms. The lowest BCUT2D eigenvalue weighted by atomic mass is 10.0. The summed E-state index contributed by atoms with van der Waals surface area (Å²) < 4.78 is 32.8. The van der Waals surface area contributed by atoms with E-state index in [1.54, 1.807) is 18.2 Å². The molecule has 0 spiro atoms. The van der Waals surface area contributed by atoms with Crippen LogP contribution in [0.25, 0.3) is 0 Å². The number of aliphatic hydroxyl groups excluding tert-OH is 1. The van der Waals surface area contributed by atoms with Crippen LogP contribution in [0, 0.1) is 0 Å². The van der Waals surface area contributed by atoms with Gasteiger partial charge in [-0.3, -0.25) is 4.79 Å². The van der Waals surface area contributed by atoms with Crippen molar-refractivity contribution >= 4 is 21.6 Å². The van der Waals surface area contributed by atoms with E-state index in [2.05, 4.69) is 5.32 Å². The molecular weight excluding hydrogens is 372 g/mol.